The van der Waals surface area contributed by atoms with Crippen molar-refractivity contribution >= 4 is 23.2 Å². The Kier molecular flexibility index (Phi) is 6.74. The summed E-state index contributed by atoms with van der Waals surface area (Å²) in [7, 11) is 3.19. The van der Waals surface area contributed by atoms with Gasteiger partial charge in [-0.25, -0.2) is 9.97 Å². The Morgan fingerprint density at radius 1 is 1.16 bits per heavy atom. The molecule has 0 unspecified atom stereocenters. The van der Waals surface area contributed by atoms with Crippen molar-refractivity contribution < 1.29 is 14.3 Å². The van der Waals surface area contributed by atoms with Gasteiger partial charge in [-0.3, -0.25) is 4.79 Å². The van der Waals surface area contributed by atoms with Crippen molar-refractivity contribution in [3.8, 4) is 11.5 Å². The SMILES string of the molecule is COc1ccc(NC(=O)CC[C@@H]2CCCN(c3cc(NC4CC4)ncn3)C2)c(OC)c1. The van der Waals surface area contributed by atoms with Crippen molar-refractivity contribution in [1.29, 1.82) is 0 Å². The normalized spacial score (nSPS) is 18.4. The zero-order chi connectivity index (χ0) is 21.6. The molecule has 8 nitrogen and oxygen atoms in total. The number of piperidine rings is 1. The summed E-state index contributed by atoms with van der Waals surface area (Å²) in [5.41, 5.74) is 0.662. The number of methoxy groups -OCH3 is 2. The minimum atomic E-state index is -0.00135. The number of benzene rings is 1. The van der Waals surface area contributed by atoms with Crippen LogP contribution in [0.15, 0.2) is 30.6 Å². The predicted octanol–water partition coefficient (Wildman–Crippen LogP) is 3.70. The first-order valence-electron chi connectivity index (χ1n) is 11.0. The first-order chi connectivity index (χ1) is 15.1. The summed E-state index contributed by atoms with van der Waals surface area (Å²) < 4.78 is 10.6. The molecule has 166 valence electrons. The zero-order valence-electron chi connectivity index (χ0n) is 18.3. The fourth-order valence-corrected chi connectivity index (χ4v) is 3.99. The van der Waals surface area contributed by atoms with Gasteiger partial charge in [-0.05, 0) is 50.2 Å². The fraction of sp³-hybridized carbons (Fsp3) is 0.522. The van der Waals surface area contributed by atoms with Gasteiger partial charge >= 0.3 is 0 Å². The van der Waals surface area contributed by atoms with Crippen molar-refractivity contribution in [1.82, 2.24) is 9.97 Å². The van der Waals surface area contributed by atoms with E-state index < -0.39 is 0 Å². The van der Waals surface area contributed by atoms with Gasteiger partial charge in [0.05, 0.1) is 19.9 Å². The zero-order valence-corrected chi connectivity index (χ0v) is 18.3. The molecule has 1 aliphatic carbocycles. The van der Waals surface area contributed by atoms with Crippen LogP contribution in [0.5, 0.6) is 11.5 Å². The fourth-order valence-electron chi connectivity index (χ4n) is 3.99. The van der Waals surface area contributed by atoms with Crippen LogP contribution in [0.25, 0.3) is 0 Å². The molecule has 0 radical (unpaired) electrons. The number of amides is 1. The number of hydrogen-bond donors (Lipinski definition) is 2. The van der Waals surface area contributed by atoms with Gasteiger partial charge in [0, 0.05) is 37.7 Å². The van der Waals surface area contributed by atoms with Crippen LogP contribution in [0.1, 0.15) is 38.5 Å². The van der Waals surface area contributed by atoms with Crippen molar-refractivity contribution in [2.45, 2.75) is 44.6 Å². The number of carbonyl (C=O) groups excluding carboxylic acids is 1. The van der Waals surface area contributed by atoms with Gasteiger partial charge in [-0.1, -0.05) is 0 Å². The van der Waals surface area contributed by atoms with E-state index in [9.17, 15) is 4.79 Å². The minimum Gasteiger partial charge on any atom is -0.497 e. The van der Waals surface area contributed by atoms with Crippen molar-refractivity contribution in [2.24, 2.45) is 5.92 Å². The number of nitrogens with one attached hydrogen (secondary N) is 2. The van der Waals surface area contributed by atoms with E-state index in [1.54, 1.807) is 32.7 Å². The standard InChI is InChI=1S/C23H31N5O3/c1-30-18-8-9-19(20(12-18)31-2)27-23(29)10-5-16-4-3-11-28(14-16)22-13-21(24-15-25-22)26-17-6-7-17/h8-9,12-13,15-17H,3-7,10-11,14H2,1-2H3,(H,27,29)(H,24,25,26)/t16-/m0/s1. The second-order valence-corrected chi connectivity index (χ2v) is 8.29. The molecule has 1 amide bonds. The van der Waals surface area contributed by atoms with E-state index in [1.165, 1.54) is 12.8 Å². The van der Waals surface area contributed by atoms with Gasteiger partial charge in [-0.15, -0.1) is 0 Å². The topological polar surface area (TPSA) is 88.6 Å². The van der Waals surface area contributed by atoms with Gasteiger partial charge in [0.25, 0.3) is 0 Å². The van der Waals surface area contributed by atoms with E-state index >= 15 is 0 Å². The largest absolute Gasteiger partial charge is 0.497 e. The van der Waals surface area contributed by atoms with Gasteiger partial charge < -0.3 is 25.0 Å². The molecule has 1 aromatic carbocycles. The Bertz CT molecular complexity index is 903. The monoisotopic (exact) mass is 425 g/mol. The third-order valence-corrected chi connectivity index (χ3v) is 5.89. The van der Waals surface area contributed by atoms with Crippen molar-refractivity contribution in [3.05, 3.63) is 30.6 Å². The van der Waals surface area contributed by atoms with Gasteiger partial charge in [0.1, 0.15) is 29.5 Å². The molecule has 0 spiro atoms. The molecule has 0 bridgehead atoms. The van der Waals surface area contributed by atoms with Gasteiger partial charge in [-0.2, -0.15) is 0 Å². The van der Waals surface area contributed by atoms with Gasteiger partial charge in [0.15, 0.2) is 0 Å². The average Bonchev–Trinajstić information content (AvgIpc) is 3.62. The van der Waals surface area contributed by atoms with Crippen LogP contribution in [0.3, 0.4) is 0 Å². The quantitative estimate of drug-likeness (QED) is 0.633. The van der Waals surface area contributed by atoms with E-state index in [4.69, 9.17) is 9.47 Å². The highest BCUT2D eigenvalue weighted by Crippen LogP contribution is 2.30. The second kappa shape index (κ2) is 9.85. The molecule has 4 rings (SSSR count). The average molecular weight is 426 g/mol. The van der Waals surface area contributed by atoms with Crippen LogP contribution in [-0.4, -0.2) is 49.2 Å². The van der Waals surface area contributed by atoms with Crippen LogP contribution >= 0.6 is 0 Å². The number of rotatable bonds is 9. The number of carbonyl (C=O) groups is 1. The first kappa shape index (κ1) is 21.2. The molecule has 2 fully saturated rings. The van der Waals surface area contributed by atoms with Crippen LogP contribution in [-0.2, 0) is 4.79 Å². The number of hydrogen-bond acceptors (Lipinski definition) is 7. The summed E-state index contributed by atoms with van der Waals surface area (Å²) in [6.07, 6.45) is 7.64. The maximum atomic E-state index is 12.5. The summed E-state index contributed by atoms with van der Waals surface area (Å²) in [5, 5.41) is 6.40. The molecular formula is C23H31N5O3. The lowest BCUT2D eigenvalue weighted by Crippen LogP contribution is -2.36. The van der Waals surface area contributed by atoms with E-state index in [0.29, 0.717) is 35.6 Å². The molecule has 2 aromatic rings. The van der Waals surface area contributed by atoms with Crippen LogP contribution in [0, 0.1) is 5.92 Å². The Morgan fingerprint density at radius 2 is 2.03 bits per heavy atom. The molecule has 1 aliphatic heterocycles. The predicted molar refractivity (Wildman–Crippen MR) is 121 cm³/mol. The number of ether oxygens (including phenoxy) is 2. The molecule has 2 aliphatic rings. The molecule has 2 N–H and O–H groups in total. The summed E-state index contributed by atoms with van der Waals surface area (Å²) in [6.45, 7) is 1.91. The Hall–Kier alpha value is -3.03. The molecule has 2 heterocycles. The summed E-state index contributed by atoms with van der Waals surface area (Å²) >= 11 is 0. The summed E-state index contributed by atoms with van der Waals surface area (Å²) in [4.78, 5) is 23.7. The number of nitrogens with zero attached hydrogens (tertiary/aromatic N) is 3. The first-order valence-corrected chi connectivity index (χ1v) is 11.0. The molecule has 1 saturated heterocycles. The number of aromatic nitrogens is 2. The highest BCUT2D eigenvalue weighted by atomic mass is 16.5. The molecule has 1 aromatic heterocycles. The Morgan fingerprint density at radius 3 is 2.81 bits per heavy atom. The maximum absolute atomic E-state index is 12.5. The summed E-state index contributed by atoms with van der Waals surface area (Å²) in [6, 6.07) is 8.00. The Labute approximate surface area is 183 Å². The number of anilines is 3. The van der Waals surface area contributed by atoms with Crippen molar-refractivity contribution in [3.63, 3.8) is 0 Å². The van der Waals surface area contributed by atoms with Crippen LogP contribution in [0.4, 0.5) is 17.3 Å². The molecule has 31 heavy (non-hydrogen) atoms. The third kappa shape index (κ3) is 5.77. The third-order valence-electron chi connectivity index (χ3n) is 5.89. The van der Waals surface area contributed by atoms with Crippen LogP contribution < -0.4 is 25.0 Å². The van der Waals surface area contributed by atoms with Crippen molar-refractivity contribution in [2.75, 3.05) is 42.8 Å². The lowest BCUT2D eigenvalue weighted by Gasteiger charge is -2.33. The molecule has 1 atom stereocenters. The van der Waals surface area contributed by atoms with E-state index in [2.05, 4.69) is 25.5 Å². The van der Waals surface area contributed by atoms with Gasteiger partial charge in [0.2, 0.25) is 5.91 Å². The van der Waals surface area contributed by atoms with Crippen LogP contribution in [0.2, 0.25) is 0 Å². The highest BCUT2D eigenvalue weighted by molar-refractivity contribution is 5.92. The van der Waals surface area contributed by atoms with E-state index in [0.717, 1.165) is 44.0 Å². The Balaban J connectivity index is 1.29. The highest BCUT2D eigenvalue weighted by Gasteiger charge is 2.24. The summed E-state index contributed by atoms with van der Waals surface area (Å²) in [5.74, 6) is 3.62. The molecule has 1 saturated carbocycles. The molecule has 8 heteroatoms. The smallest absolute Gasteiger partial charge is 0.224 e. The lowest BCUT2D eigenvalue weighted by atomic mass is 9.93. The minimum absolute atomic E-state index is 0.00135. The van der Waals surface area contributed by atoms with E-state index in [-0.39, 0.29) is 5.91 Å². The maximum Gasteiger partial charge on any atom is 0.224 e. The van der Waals surface area contributed by atoms with E-state index in [1.807, 2.05) is 12.1 Å². The lowest BCUT2D eigenvalue weighted by molar-refractivity contribution is -0.116. The second-order valence-electron chi connectivity index (χ2n) is 8.29. The molecular weight excluding hydrogens is 394 g/mol.